The number of hydrogen-bond donors (Lipinski definition) is 2. The molecule has 3 aromatic carbocycles. The van der Waals surface area contributed by atoms with Crippen LogP contribution < -0.4 is 14.8 Å². The fourth-order valence-electron chi connectivity index (χ4n) is 3.45. The van der Waals surface area contributed by atoms with Gasteiger partial charge in [-0.1, -0.05) is 30.3 Å². The number of nitrogens with zero attached hydrogens (tertiary/aromatic N) is 2. The highest BCUT2D eigenvalue weighted by Gasteiger charge is 2.24. The quantitative estimate of drug-likeness (QED) is 0.399. The lowest BCUT2D eigenvalue weighted by Crippen LogP contribution is -2.35. The van der Waals surface area contributed by atoms with E-state index >= 15 is 0 Å². The molecule has 0 radical (unpaired) electrons. The smallest absolute Gasteiger partial charge is 0.243 e. The van der Waals surface area contributed by atoms with Crippen molar-refractivity contribution in [2.45, 2.75) is 4.90 Å². The normalized spacial score (nSPS) is 11.5. The second kappa shape index (κ2) is 9.54. The number of methoxy groups -OCH3 is 2. The summed E-state index contributed by atoms with van der Waals surface area (Å²) in [5, 5.41) is 2.68. The Hall–Kier alpha value is -3.89. The summed E-state index contributed by atoms with van der Waals surface area (Å²) in [5.41, 5.74) is 2.50. The number of rotatable bonds is 8. The summed E-state index contributed by atoms with van der Waals surface area (Å²) in [7, 11) is 0.401. The van der Waals surface area contributed by atoms with Crippen LogP contribution in [0.1, 0.15) is 0 Å². The molecule has 9 nitrogen and oxygen atoms in total. The van der Waals surface area contributed by atoms with E-state index in [4.69, 9.17) is 9.47 Å². The predicted octanol–water partition coefficient (Wildman–Crippen LogP) is 3.51. The standard InChI is InChI=1S/C24H24N4O5S/c1-28(15-23(29)25-21-13-17(32-2)9-12-22(21)33-3)34(30,31)18-10-11-19-20(14-18)27-24(26-19)16-7-5-4-6-8-16/h4-14H,15H2,1-3H3,(H,25,29)(H,26,27). The number of anilines is 1. The molecule has 0 bridgehead atoms. The van der Waals surface area contributed by atoms with Crippen molar-refractivity contribution >= 4 is 32.7 Å². The van der Waals surface area contributed by atoms with Crippen LogP contribution in [0.5, 0.6) is 11.5 Å². The van der Waals surface area contributed by atoms with E-state index in [0.29, 0.717) is 34.0 Å². The number of benzene rings is 3. The molecule has 4 aromatic rings. The second-order valence-electron chi connectivity index (χ2n) is 7.51. The van der Waals surface area contributed by atoms with Gasteiger partial charge in [0.2, 0.25) is 15.9 Å². The van der Waals surface area contributed by atoms with Crippen LogP contribution in [-0.4, -0.2) is 56.4 Å². The Morgan fingerprint density at radius 1 is 1.03 bits per heavy atom. The van der Waals surface area contributed by atoms with Gasteiger partial charge in [0.25, 0.3) is 0 Å². The van der Waals surface area contributed by atoms with E-state index in [1.807, 2.05) is 30.3 Å². The zero-order valence-electron chi connectivity index (χ0n) is 18.9. The van der Waals surface area contributed by atoms with Gasteiger partial charge in [-0.3, -0.25) is 4.79 Å². The lowest BCUT2D eigenvalue weighted by Gasteiger charge is -2.18. The number of fused-ring (bicyclic) bond motifs is 1. The fraction of sp³-hybridized carbons (Fsp3) is 0.167. The molecule has 0 aliphatic rings. The number of imidazole rings is 1. The van der Waals surface area contributed by atoms with Crippen LogP contribution in [0, 0.1) is 0 Å². The molecule has 0 aliphatic heterocycles. The fourth-order valence-corrected chi connectivity index (χ4v) is 4.60. The lowest BCUT2D eigenvalue weighted by atomic mass is 10.2. The average Bonchev–Trinajstić information content (AvgIpc) is 3.28. The Bertz CT molecular complexity index is 1430. The molecule has 0 atom stereocenters. The molecule has 0 saturated heterocycles. The number of amides is 1. The zero-order chi connectivity index (χ0) is 24.3. The molecule has 4 rings (SSSR count). The number of H-pyrrole nitrogens is 1. The number of aromatic amines is 1. The molecule has 1 heterocycles. The average molecular weight is 481 g/mol. The Morgan fingerprint density at radius 3 is 2.50 bits per heavy atom. The van der Waals surface area contributed by atoms with Crippen molar-refractivity contribution in [2.75, 3.05) is 33.1 Å². The van der Waals surface area contributed by atoms with Gasteiger partial charge in [-0.25, -0.2) is 13.4 Å². The highest BCUT2D eigenvalue weighted by Crippen LogP contribution is 2.29. The number of nitrogens with one attached hydrogen (secondary N) is 2. The molecule has 0 spiro atoms. The highest BCUT2D eigenvalue weighted by molar-refractivity contribution is 7.89. The van der Waals surface area contributed by atoms with Gasteiger partial charge in [0, 0.05) is 18.7 Å². The topological polar surface area (TPSA) is 114 Å². The zero-order valence-corrected chi connectivity index (χ0v) is 19.7. The summed E-state index contributed by atoms with van der Waals surface area (Å²) in [4.78, 5) is 20.4. The monoisotopic (exact) mass is 480 g/mol. The van der Waals surface area contributed by atoms with Gasteiger partial charge >= 0.3 is 0 Å². The summed E-state index contributed by atoms with van der Waals surface area (Å²) in [5.74, 6) is 1.08. The second-order valence-corrected chi connectivity index (χ2v) is 9.55. The first kappa shape index (κ1) is 23.3. The molecule has 0 aliphatic carbocycles. The van der Waals surface area contributed by atoms with Gasteiger partial charge in [-0.15, -0.1) is 0 Å². The summed E-state index contributed by atoms with van der Waals surface area (Å²) >= 11 is 0. The van der Waals surface area contributed by atoms with Crippen LogP contribution in [0.2, 0.25) is 0 Å². The first-order valence-corrected chi connectivity index (χ1v) is 11.8. The first-order chi connectivity index (χ1) is 16.3. The number of ether oxygens (including phenoxy) is 2. The Balaban J connectivity index is 1.53. The van der Waals surface area contributed by atoms with E-state index in [2.05, 4.69) is 15.3 Å². The first-order valence-electron chi connectivity index (χ1n) is 10.3. The van der Waals surface area contributed by atoms with Crippen molar-refractivity contribution in [1.82, 2.24) is 14.3 Å². The summed E-state index contributed by atoms with van der Waals surface area (Å²) < 4.78 is 37.7. The molecular weight excluding hydrogens is 456 g/mol. The maximum absolute atomic E-state index is 13.1. The molecule has 10 heteroatoms. The predicted molar refractivity (Wildman–Crippen MR) is 130 cm³/mol. The van der Waals surface area contributed by atoms with Gasteiger partial charge < -0.3 is 19.8 Å². The summed E-state index contributed by atoms with van der Waals surface area (Å²) in [6, 6.07) is 19.1. The third-order valence-electron chi connectivity index (χ3n) is 5.26. The Morgan fingerprint density at radius 2 is 1.79 bits per heavy atom. The van der Waals surface area contributed by atoms with Crippen molar-refractivity contribution in [1.29, 1.82) is 0 Å². The maximum Gasteiger partial charge on any atom is 0.243 e. The van der Waals surface area contributed by atoms with Gasteiger partial charge in [-0.2, -0.15) is 4.31 Å². The van der Waals surface area contributed by atoms with E-state index < -0.39 is 15.9 Å². The molecule has 1 amide bonds. The number of likely N-dealkylation sites (N-methyl/N-ethyl adjacent to an activating group) is 1. The third kappa shape index (κ3) is 4.73. The van der Waals surface area contributed by atoms with Crippen molar-refractivity contribution in [3.8, 4) is 22.9 Å². The van der Waals surface area contributed by atoms with Crippen LogP contribution in [-0.2, 0) is 14.8 Å². The molecule has 0 fully saturated rings. The SMILES string of the molecule is COc1ccc(OC)c(NC(=O)CN(C)S(=O)(=O)c2ccc3nc(-c4ccccc4)[nH]c3c2)c1. The summed E-state index contributed by atoms with van der Waals surface area (Å²) in [6.45, 7) is -0.390. The van der Waals surface area contributed by atoms with E-state index in [1.165, 1.54) is 33.4 Å². The number of sulfonamides is 1. The third-order valence-corrected chi connectivity index (χ3v) is 7.06. The van der Waals surface area contributed by atoms with E-state index in [-0.39, 0.29) is 11.4 Å². The molecule has 34 heavy (non-hydrogen) atoms. The van der Waals surface area contributed by atoms with Crippen LogP contribution in [0.25, 0.3) is 22.4 Å². The van der Waals surface area contributed by atoms with E-state index in [1.54, 1.807) is 24.3 Å². The number of hydrogen-bond acceptors (Lipinski definition) is 6. The Labute approximate surface area is 197 Å². The largest absolute Gasteiger partial charge is 0.497 e. The highest BCUT2D eigenvalue weighted by atomic mass is 32.2. The van der Waals surface area contributed by atoms with E-state index in [0.717, 1.165) is 9.87 Å². The minimum absolute atomic E-state index is 0.0533. The van der Waals surface area contributed by atoms with Crippen molar-refractivity contribution in [3.05, 3.63) is 66.7 Å². The molecular formula is C24H24N4O5S. The molecule has 176 valence electrons. The van der Waals surface area contributed by atoms with Crippen LogP contribution in [0.4, 0.5) is 5.69 Å². The Kier molecular flexibility index (Phi) is 6.53. The molecule has 2 N–H and O–H groups in total. The van der Waals surface area contributed by atoms with Crippen molar-refractivity contribution in [2.24, 2.45) is 0 Å². The van der Waals surface area contributed by atoms with Crippen LogP contribution in [0.3, 0.4) is 0 Å². The number of aromatic nitrogens is 2. The van der Waals surface area contributed by atoms with Crippen molar-refractivity contribution < 1.29 is 22.7 Å². The van der Waals surface area contributed by atoms with Gasteiger partial charge in [0.05, 0.1) is 42.4 Å². The lowest BCUT2D eigenvalue weighted by molar-refractivity contribution is -0.116. The number of carbonyl (C=O) groups excluding carboxylic acids is 1. The van der Waals surface area contributed by atoms with Gasteiger partial charge in [-0.05, 0) is 30.3 Å². The van der Waals surface area contributed by atoms with Gasteiger partial charge in [0.15, 0.2) is 0 Å². The maximum atomic E-state index is 13.1. The number of carbonyl (C=O) groups is 1. The van der Waals surface area contributed by atoms with Gasteiger partial charge in [0.1, 0.15) is 17.3 Å². The minimum atomic E-state index is -3.93. The molecule has 1 aromatic heterocycles. The van der Waals surface area contributed by atoms with Crippen LogP contribution >= 0.6 is 0 Å². The summed E-state index contributed by atoms with van der Waals surface area (Å²) in [6.07, 6.45) is 0. The molecule has 0 saturated carbocycles. The molecule has 0 unspecified atom stereocenters. The van der Waals surface area contributed by atoms with Crippen molar-refractivity contribution in [3.63, 3.8) is 0 Å². The van der Waals surface area contributed by atoms with E-state index in [9.17, 15) is 13.2 Å². The minimum Gasteiger partial charge on any atom is -0.497 e. The van der Waals surface area contributed by atoms with Crippen LogP contribution in [0.15, 0.2) is 71.6 Å².